The van der Waals surface area contributed by atoms with Gasteiger partial charge in [-0.15, -0.1) is 11.3 Å². The Bertz CT molecular complexity index is 1050. The molecule has 4 rings (SSSR count). The summed E-state index contributed by atoms with van der Waals surface area (Å²) in [6, 6.07) is 12.7. The lowest BCUT2D eigenvalue weighted by molar-refractivity contribution is -0.126. The van der Waals surface area contributed by atoms with Crippen LogP contribution in [0.5, 0.6) is 0 Å². The van der Waals surface area contributed by atoms with Gasteiger partial charge >= 0.3 is 6.18 Å². The Morgan fingerprint density at radius 2 is 1.85 bits per heavy atom. The number of alkyl halides is 3. The van der Waals surface area contributed by atoms with Crippen LogP contribution in [0.1, 0.15) is 29.7 Å². The lowest BCUT2D eigenvalue weighted by atomic mass is 10.1. The molecule has 9 heteroatoms. The second-order valence-electron chi connectivity index (χ2n) is 9.25. The number of hydrogen-bond acceptors (Lipinski definition) is 6. The fourth-order valence-electron chi connectivity index (χ4n) is 4.62. The molecule has 0 amide bonds. The average Bonchev–Trinajstić information content (AvgIpc) is 3.02. The molecule has 0 aliphatic carbocycles. The second kappa shape index (κ2) is 11.0. The van der Waals surface area contributed by atoms with E-state index in [0.717, 1.165) is 74.5 Å². The first-order chi connectivity index (χ1) is 16.3. The van der Waals surface area contributed by atoms with E-state index < -0.39 is 12.6 Å². The Balaban J connectivity index is 1.49. The van der Waals surface area contributed by atoms with Crippen LogP contribution in [0, 0.1) is 0 Å². The molecule has 3 heterocycles. The second-order valence-corrected chi connectivity index (χ2v) is 10.4. The van der Waals surface area contributed by atoms with Gasteiger partial charge in [0.15, 0.2) is 0 Å². The van der Waals surface area contributed by atoms with E-state index >= 15 is 0 Å². The molecule has 1 fully saturated rings. The van der Waals surface area contributed by atoms with E-state index in [1.165, 1.54) is 11.9 Å². The Labute approximate surface area is 203 Å². The van der Waals surface area contributed by atoms with Gasteiger partial charge in [0.25, 0.3) is 0 Å². The Morgan fingerprint density at radius 1 is 1.06 bits per heavy atom. The number of nitrogens with zero attached hydrogens (tertiary/aromatic N) is 5. The minimum atomic E-state index is -4.22. The predicted octanol–water partition coefficient (Wildman–Crippen LogP) is 5.22. The van der Waals surface area contributed by atoms with Crippen LogP contribution >= 0.6 is 11.3 Å². The first-order valence-corrected chi connectivity index (χ1v) is 12.6. The van der Waals surface area contributed by atoms with E-state index in [4.69, 9.17) is 0 Å². The molecule has 0 saturated carbocycles. The number of thiophene rings is 1. The number of aromatic nitrogens is 2. The number of fused-ring (bicyclic) bond motifs is 1. The number of benzene rings is 1. The van der Waals surface area contributed by atoms with Crippen LogP contribution in [0.4, 0.5) is 19.0 Å². The maximum absolute atomic E-state index is 12.9. The molecule has 1 aliphatic heterocycles. The summed E-state index contributed by atoms with van der Waals surface area (Å²) >= 11 is 1.11. The fourth-order valence-corrected chi connectivity index (χ4v) is 5.64. The highest BCUT2D eigenvalue weighted by molar-refractivity contribution is 7.18. The van der Waals surface area contributed by atoms with Crippen LogP contribution in [-0.4, -0.2) is 72.3 Å². The Kier molecular flexibility index (Phi) is 8.06. The zero-order chi connectivity index (χ0) is 24.1. The minimum Gasteiger partial charge on any atom is -0.356 e. The van der Waals surface area contributed by atoms with Crippen LogP contribution in [0.3, 0.4) is 0 Å². The molecule has 2 aromatic heterocycles. The lowest BCUT2D eigenvalue weighted by Gasteiger charge is -2.32. The summed E-state index contributed by atoms with van der Waals surface area (Å²) in [5.74, 6) is 0.762. The molecule has 184 valence electrons. The number of halogens is 3. The van der Waals surface area contributed by atoms with Crippen molar-refractivity contribution in [1.29, 1.82) is 0 Å². The summed E-state index contributed by atoms with van der Waals surface area (Å²) in [4.78, 5) is 16.7. The molecule has 3 aromatic rings. The van der Waals surface area contributed by atoms with Gasteiger partial charge in [-0.3, -0.25) is 4.90 Å². The van der Waals surface area contributed by atoms with E-state index in [0.29, 0.717) is 10.9 Å². The maximum Gasteiger partial charge on any atom is 0.393 e. The third-order valence-corrected chi connectivity index (χ3v) is 7.35. The standard InChI is InChI=1S/C25H32F3N5S/c1-31(2)13-14-33(17-19-7-4-3-5-8-19)20-9-6-11-32(12-10-20)23-22-15-21(16-25(26,27)28)34-24(22)30-18-29-23/h3-5,7-8,15,18,20H,6,9-14,16-17H2,1-2H3. The van der Waals surface area contributed by atoms with Crippen molar-refractivity contribution in [3.05, 3.63) is 53.2 Å². The van der Waals surface area contributed by atoms with E-state index in [2.05, 4.69) is 63.0 Å². The highest BCUT2D eigenvalue weighted by Crippen LogP contribution is 2.34. The topological polar surface area (TPSA) is 35.5 Å². The number of rotatable bonds is 8. The maximum atomic E-state index is 12.9. The molecule has 1 aromatic carbocycles. The zero-order valence-corrected chi connectivity index (χ0v) is 20.6. The zero-order valence-electron chi connectivity index (χ0n) is 19.8. The van der Waals surface area contributed by atoms with Crippen LogP contribution in [0.25, 0.3) is 10.2 Å². The fraction of sp³-hybridized carbons (Fsp3) is 0.520. The summed E-state index contributed by atoms with van der Waals surface area (Å²) in [7, 11) is 4.20. The number of likely N-dealkylation sites (N-methyl/N-ethyl adjacent to an activating group) is 1. The highest BCUT2D eigenvalue weighted by atomic mass is 32.1. The van der Waals surface area contributed by atoms with Crippen molar-refractivity contribution in [3.8, 4) is 0 Å². The molecule has 1 aliphatic rings. The van der Waals surface area contributed by atoms with Crippen LogP contribution in [0.2, 0.25) is 0 Å². The third-order valence-electron chi connectivity index (χ3n) is 6.31. The summed E-state index contributed by atoms with van der Waals surface area (Å²) in [6.45, 7) is 4.59. The lowest BCUT2D eigenvalue weighted by Crippen LogP contribution is -2.40. The van der Waals surface area contributed by atoms with Crippen molar-refractivity contribution < 1.29 is 13.2 Å². The summed E-state index contributed by atoms with van der Waals surface area (Å²) in [6.07, 6.45) is -0.566. The van der Waals surface area contributed by atoms with Gasteiger partial charge in [-0.05, 0) is 45.0 Å². The summed E-state index contributed by atoms with van der Waals surface area (Å²) < 4.78 is 38.8. The van der Waals surface area contributed by atoms with Gasteiger partial charge < -0.3 is 9.80 Å². The van der Waals surface area contributed by atoms with E-state index in [1.54, 1.807) is 6.07 Å². The molecular weight excluding hydrogens is 459 g/mol. The molecule has 0 bridgehead atoms. The summed E-state index contributed by atoms with van der Waals surface area (Å²) in [5, 5.41) is 0.735. The largest absolute Gasteiger partial charge is 0.393 e. The Morgan fingerprint density at radius 3 is 2.59 bits per heavy atom. The highest BCUT2D eigenvalue weighted by Gasteiger charge is 2.30. The first kappa shape index (κ1) is 24.9. The quantitative estimate of drug-likeness (QED) is 0.432. The van der Waals surface area contributed by atoms with E-state index in [-0.39, 0.29) is 4.88 Å². The molecular formula is C25H32F3N5S. The van der Waals surface area contributed by atoms with Gasteiger partial charge in [0.2, 0.25) is 0 Å². The van der Waals surface area contributed by atoms with Crippen molar-refractivity contribution in [2.24, 2.45) is 0 Å². The molecule has 1 unspecified atom stereocenters. The molecule has 0 radical (unpaired) electrons. The molecule has 1 atom stereocenters. The average molecular weight is 492 g/mol. The van der Waals surface area contributed by atoms with Gasteiger partial charge in [0.05, 0.1) is 11.8 Å². The number of hydrogen-bond donors (Lipinski definition) is 0. The molecule has 5 nitrogen and oxygen atoms in total. The predicted molar refractivity (Wildman–Crippen MR) is 132 cm³/mol. The first-order valence-electron chi connectivity index (χ1n) is 11.8. The summed E-state index contributed by atoms with van der Waals surface area (Å²) in [5.41, 5.74) is 1.32. The van der Waals surface area contributed by atoms with Gasteiger partial charge in [0.1, 0.15) is 17.0 Å². The van der Waals surface area contributed by atoms with Crippen molar-refractivity contribution >= 4 is 27.4 Å². The monoisotopic (exact) mass is 491 g/mol. The van der Waals surface area contributed by atoms with Crippen LogP contribution < -0.4 is 4.90 Å². The molecule has 0 spiro atoms. The molecule has 34 heavy (non-hydrogen) atoms. The van der Waals surface area contributed by atoms with E-state index in [1.807, 2.05) is 6.07 Å². The SMILES string of the molecule is CN(C)CCN(Cc1ccccc1)C1CCCN(c2ncnc3sc(CC(F)(F)F)cc23)CC1. The normalized spacial score (nSPS) is 17.6. The van der Waals surface area contributed by atoms with Crippen molar-refractivity contribution in [1.82, 2.24) is 19.8 Å². The van der Waals surface area contributed by atoms with Gasteiger partial charge in [-0.1, -0.05) is 30.3 Å². The van der Waals surface area contributed by atoms with Gasteiger partial charge in [0, 0.05) is 43.6 Å². The minimum absolute atomic E-state index is 0.287. The van der Waals surface area contributed by atoms with Gasteiger partial charge in [-0.25, -0.2) is 9.97 Å². The smallest absolute Gasteiger partial charge is 0.356 e. The van der Waals surface area contributed by atoms with Crippen molar-refractivity contribution in [2.75, 3.05) is 45.2 Å². The van der Waals surface area contributed by atoms with E-state index in [9.17, 15) is 13.2 Å². The molecule has 0 N–H and O–H groups in total. The molecule has 1 saturated heterocycles. The third kappa shape index (κ3) is 6.67. The van der Waals surface area contributed by atoms with Crippen LogP contribution in [-0.2, 0) is 13.0 Å². The number of anilines is 1. The van der Waals surface area contributed by atoms with Crippen molar-refractivity contribution in [2.45, 2.75) is 44.4 Å². The van der Waals surface area contributed by atoms with Crippen molar-refractivity contribution in [3.63, 3.8) is 0 Å². The van der Waals surface area contributed by atoms with Crippen LogP contribution in [0.15, 0.2) is 42.7 Å². The Hall–Kier alpha value is -2.23. The van der Waals surface area contributed by atoms with Gasteiger partial charge in [-0.2, -0.15) is 13.2 Å².